The Morgan fingerprint density at radius 2 is 2.03 bits per heavy atom. The Balaban J connectivity index is 1.44. The zero-order valence-electron chi connectivity index (χ0n) is 19.7. The number of fused-ring (bicyclic) bond motifs is 1. The number of aryl methyl sites for hydroxylation is 1. The summed E-state index contributed by atoms with van der Waals surface area (Å²) in [5, 5.41) is 9.88. The molecule has 0 radical (unpaired) electrons. The summed E-state index contributed by atoms with van der Waals surface area (Å²) in [4.78, 5) is 25.9. The topological polar surface area (TPSA) is 98.4 Å². The van der Waals surface area contributed by atoms with Crippen molar-refractivity contribution in [3.8, 4) is 22.8 Å². The lowest BCUT2D eigenvalue weighted by molar-refractivity contribution is -0.141. The van der Waals surface area contributed by atoms with Gasteiger partial charge in [0.05, 0.1) is 42.2 Å². The van der Waals surface area contributed by atoms with Gasteiger partial charge in [0.1, 0.15) is 23.9 Å². The van der Waals surface area contributed by atoms with E-state index in [9.17, 15) is 9.59 Å². The number of ether oxygens (including phenoxy) is 3. The van der Waals surface area contributed by atoms with Crippen LogP contribution in [0.3, 0.4) is 0 Å². The van der Waals surface area contributed by atoms with Crippen LogP contribution in [-0.4, -0.2) is 62.5 Å². The Bertz CT molecular complexity index is 1270. The van der Waals surface area contributed by atoms with Gasteiger partial charge in [0.15, 0.2) is 11.0 Å². The summed E-state index contributed by atoms with van der Waals surface area (Å²) in [6.07, 6.45) is 0.673. The van der Waals surface area contributed by atoms with Crippen molar-refractivity contribution in [1.29, 1.82) is 0 Å². The molecule has 1 aliphatic rings. The first kappa shape index (κ1) is 25.0. The molecule has 1 aromatic heterocycles. The van der Waals surface area contributed by atoms with E-state index in [1.165, 1.54) is 6.07 Å². The van der Waals surface area contributed by atoms with Crippen molar-refractivity contribution in [2.75, 3.05) is 46.6 Å². The number of hydrogen-bond donors (Lipinski definition) is 1. The summed E-state index contributed by atoms with van der Waals surface area (Å²) in [6, 6.07) is 10.1. The third kappa shape index (κ3) is 5.78. The third-order valence-electron chi connectivity index (χ3n) is 6.13. The van der Waals surface area contributed by atoms with E-state index in [2.05, 4.69) is 4.90 Å². The van der Waals surface area contributed by atoms with Crippen molar-refractivity contribution in [3.63, 3.8) is 0 Å². The summed E-state index contributed by atoms with van der Waals surface area (Å²) in [6.45, 7) is 5.00. The van der Waals surface area contributed by atoms with Gasteiger partial charge in [-0.1, -0.05) is 17.7 Å². The van der Waals surface area contributed by atoms with Gasteiger partial charge in [0.2, 0.25) is 0 Å². The molecule has 1 atom stereocenters. The normalized spacial score (nSPS) is 16.0. The molecule has 35 heavy (non-hydrogen) atoms. The second-order valence-corrected chi connectivity index (χ2v) is 8.90. The zero-order chi connectivity index (χ0) is 24.9. The minimum atomic E-state index is -0.740. The molecule has 0 amide bonds. The van der Waals surface area contributed by atoms with Gasteiger partial charge in [-0.15, -0.1) is 0 Å². The average Bonchev–Trinajstić information content (AvgIpc) is 3.32. The number of benzene rings is 2. The first-order valence-electron chi connectivity index (χ1n) is 11.4. The van der Waals surface area contributed by atoms with Crippen LogP contribution in [0.4, 0.5) is 0 Å². The van der Waals surface area contributed by atoms with Gasteiger partial charge in [-0.25, -0.2) is 0 Å². The second-order valence-electron chi connectivity index (χ2n) is 8.49. The van der Waals surface area contributed by atoms with Crippen LogP contribution in [0, 0.1) is 12.8 Å². The molecule has 3 aromatic rings. The molecule has 0 saturated carbocycles. The van der Waals surface area contributed by atoms with Crippen LogP contribution in [0.1, 0.15) is 12.0 Å². The Morgan fingerprint density at radius 1 is 1.20 bits per heavy atom. The number of likely N-dealkylation sites (tertiary alicyclic amines) is 1. The zero-order valence-corrected chi connectivity index (χ0v) is 20.5. The smallest absolute Gasteiger partial charge is 0.307 e. The van der Waals surface area contributed by atoms with Crippen LogP contribution >= 0.6 is 11.6 Å². The third-order valence-corrected chi connectivity index (χ3v) is 6.43. The van der Waals surface area contributed by atoms with Crippen LogP contribution < -0.4 is 14.9 Å². The first-order valence-corrected chi connectivity index (χ1v) is 11.8. The second kappa shape index (κ2) is 11.1. The fourth-order valence-corrected chi connectivity index (χ4v) is 4.43. The molecule has 9 heteroatoms. The Kier molecular flexibility index (Phi) is 7.95. The highest BCUT2D eigenvalue weighted by molar-refractivity contribution is 6.34. The monoisotopic (exact) mass is 501 g/mol. The highest BCUT2D eigenvalue weighted by atomic mass is 35.5. The predicted octanol–water partition coefficient (Wildman–Crippen LogP) is 4.23. The van der Waals surface area contributed by atoms with Crippen molar-refractivity contribution >= 4 is 28.5 Å². The number of carboxylic acid groups (broad SMARTS) is 1. The standard InChI is InChI=1S/C26H28ClNO7/c1-16-12-19(24-13-21(29)18-4-3-5-20(27)25(18)35-24)23(14-22(16)32-2)34-11-10-33-9-8-28-7-6-17(15-28)26(30)31/h3-5,12-14,17H,6-11,15H2,1-2H3,(H,30,31)/t17-/m1/s1. The number of para-hydroxylation sites is 1. The molecule has 8 nitrogen and oxygen atoms in total. The van der Waals surface area contributed by atoms with E-state index in [1.54, 1.807) is 31.4 Å². The average molecular weight is 502 g/mol. The molecule has 1 N–H and O–H groups in total. The number of rotatable bonds is 10. The molecule has 2 aromatic carbocycles. The van der Waals surface area contributed by atoms with Crippen molar-refractivity contribution in [2.24, 2.45) is 5.92 Å². The molecule has 2 heterocycles. The lowest BCUT2D eigenvalue weighted by Gasteiger charge is -2.16. The molecule has 4 rings (SSSR count). The van der Waals surface area contributed by atoms with Crippen molar-refractivity contribution < 1.29 is 28.5 Å². The van der Waals surface area contributed by atoms with Gasteiger partial charge in [-0.2, -0.15) is 0 Å². The molecule has 1 saturated heterocycles. The van der Waals surface area contributed by atoms with E-state index in [0.717, 1.165) is 12.1 Å². The van der Waals surface area contributed by atoms with E-state index in [1.807, 2.05) is 13.0 Å². The molecule has 186 valence electrons. The maximum absolute atomic E-state index is 12.7. The van der Waals surface area contributed by atoms with E-state index in [4.69, 9.17) is 35.3 Å². The summed E-state index contributed by atoms with van der Waals surface area (Å²) < 4.78 is 23.2. The fourth-order valence-electron chi connectivity index (χ4n) is 4.22. The number of hydrogen-bond acceptors (Lipinski definition) is 7. The largest absolute Gasteiger partial charge is 0.496 e. The van der Waals surface area contributed by atoms with Crippen LogP contribution in [0.5, 0.6) is 11.5 Å². The highest BCUT2D eigenvalue weighted by Crippen LogP contribution is 2.37. The number of methoxy groups -OCH3 is 1. The molecule has 0 aliphatic carbocycles. The van der Waals surface area contributed by atoms with Crippen molar-refractivity contribution in [2.45, 2.75) is 13.3 Å². The molecule has 1 fully saturated rings. The lowest BCUT2D eigenvalue weighted by atomic mass is 10.1. The summed E-state index contributed by atoms with van der Waals surface area (Å²) >= 11 is 6.28. The minimum absolute atomic E-state index is 0.196. The Hall–Kier alpha value is -3.07. The lowest BCUT2D eigenvalue weighted by Crippen LogP contribution is -2.27. The summed E-state index contributed by atoms with van der Waals surface area (Å²) in [5.41, 5.74) is 1.60. The van der Waals surface area contributed by atoms with Crippen LogP contribution in [0.25, 0.3) is 22.3 Å². The van der Waals surface area contributed by atoms with E-state index in [-0.39, 0.29) is 18.0 Å². The van der Waals surface area contributed by atoms with Gasteiger partial charge < -0.3 is 28.6 Å². The SMILES string of the molecule is COc1cc(OCCOCCN2CC[C@@H](C(=O)O)C2)c(-c2cc(=O)c3cccc(Cl)c3o2)cc1C. The fraction of sp³-hybridized carbons (Fsp3) is 0.385. The summed E-state index contributed by atoms with van der Waals surface area (Å²) in [7, 11) is 1.58. The molecular formula is C26H28ClNO7. The molecule has 0 spiro atoms. The van der Waals surface area contributed by atoms with Gasteiger partial charge in [0.25, 0.3) is 0 Å². The van der Waals surface area contributed by atoms with Crippen molar-refractivity contribution in [3.05, 3.63) is 57.2 Å². The number of aliphatic carboxylic acids is 1. The molecular weight excluding hydrogens is 474 g/mol. The Morgan fingerprint density at radius 3 is 2.77 bits per heavy atom. The highest BCUT2D eigenvalue weighted by Gasteiger charge is 2.27. The molecule has 1 aliphatic heterocycles. The van der Waals surface area contributed by atoms with Crippen LogP contribution in [0.15, 0.2) is 45.6 Å². The minimum Gasteiger partial charge on any atom is -0.496 e. The van der Waals surface area contributed by atoms with E-state index >= 15 is 0 Å². The first-order chi connectivity index (χ1) is 16.9. The van der Waals surface area contributed by atoms with Gasteiger partial charge in [0, 0.05) is 25.2 Å². The quantitative estimate of drug-likeness (QED) is 0.412. The van der Waals surface area contributed by atoms with Crippen LogP contribution in [-0.2, 0) is 9.53 Å². The van der Waals surface area contributed by atoms with Gasteiger partial charge in [-0.3, -0.25) is 9.59 Å². The van der Waals surface area contributed by atoms with E-state index in [0.29, 0.717) is 71.5 Å². The predicted molar refractivity (Wildman–Crippen MR) is 133 cm³/mol. The van der Waals surface area contributed by atoms with Crippen LogP contribution in [0.2, 0.25) is 5.02 Å². The molecule has 0 unspecified atom stereocenters. The summed E-state index contributed by atoms with van der Waals surface area (Å²) in [5.74, 6) is 0.454. The van der Waals surface area contributed by atoms with E-state index < -0.39 is 5.97 Å². The maximum atomic E-state index is 12.7. The number of nitrogens with zero attached hydrogens (tertiary/aromatic N) is 1. The molecule has 0 bridgehead atoms. The van der Waals surface area contributed by atoms with Gasteiger partial charge >= 0.3 is 5.97 Å². The number of carboxylic acids is 1. The number of halogens is 1. The van der Waals surface area contributed by atoms with Gasteiger partial charge in [-0.05, 0) is 43.7 Å². The maximum Gasteiger partial charge on any atom is 0.307 e. The van der Waals surface area contributed by atoms with Crippen molar-refractivity contribution in [1.82, 2.24) is 4.90 Å². The Labute approximate surface area is 208 Å². The number of carbonyl (C=O) groups is 1.